The first kappa shape index (κ1) is 12.3. The second-order valence-corrected chi connectivity index (χ2v) is 5.77. The summed E-state index contributed by atoms with van der Waals surface area (Å²) < 4.78 is 5.76. The predicted octanol–water partition coefficient (Wildman–Crippen LogP) is 2.78. The first-order chi connectivity index (χ1) is 9.15. The highest BCUT2D eigenvalue weighted by molar-refractivity contribution is 5.96. The number of aromatic carboxylic acids is 1. The van der Waals surface area contributed by atoms with Crippen LogP contribution in [0.1, 0.15) is 36.0 Å². The summed E-state index contributed by atoms with van der Waals surface area (Å²) in [4.78, 5) is 11.2. The Labute approximate surface area is 112 Å². The molecule has 2 aliphatic rings. The fourth-order valence-corrected chi connectivity index (χ4v) is 3.67. The van der Waals surface area contributed by atoms with Crippen molar-refractivity contribution in [1.82, 2.24) is 0 Å². The van der Waals surface area contributed by atoms with Gasteiger partial charge in [-0.05, 0) is 49.1 Å². The lowest BCUT2D eigenvalue weighted by Gasteiger charge is -2.22. The van der Waals surface area contributed by atoms with Gasteiger partial charge in [-0.15, -0.1) is 0 Å². The van der Waals surface area contributed by atoms with Crippen LogP contribution in [-0.2, 0) is 0 Å². The Hall–Kier alpha value is -1.71. The third-order valence-corrected chi connectivity index (χ3v) is 4.61. The molecule has 0 saturated heterocycles. The number of nitrogens with two attached hydrogens (primary N) is 1. The number of hydrogen-bond acceptors (Lipinski definition) is 3. The first-order valence-electron chi connectivity index (χ1n) is 6.89. The van der Waals surface area contributed by atoms with Gasteiger partial charge in [-0.2, -0.15) is 0 Å². The normalized spacial score (nSPS) is 28.5. The Kier molecular flexibility index (Phi) is 3.09. The molecule has 2 bridgehead atoms. The van der Waals surface area contributed by atoms with E-state index in [1.807, 2.05) is 0 Å². The molecule has 0 radical (unpaired) electrons. The van der Waals surface area contributed by atoms with E-state index in [0.29, 0.717) is 18.3 Å². The molecular weight excluding hydrogens is 242 g/mol. The van der Waals surface area contributed by atoms with Gasteiger partial charge in [-0.1, -0.05) is 12.5 Å². The number of carboxylic acid groups (broad SMARTS) is 1. The molecule has 3 unspecified atom stereocenters. The number of carbonyl (C=O) groups is 1. The molecule has 3 N–H and O–H groups in total. The van der Waals surface area contributed by atoms with E-state index in [2.05, 4.69) is 0 Å². The largest absolute Gasteiger partial charge is 0.492 e. The van der Waals surface area contributed by atoms with Crippen LogP contribution in [0.25, 0.3) is 0 Å². The Morgan fingerprint density at radius 3 is 2.84 bits per heavy atom. The van der Waals surface area contributed by atoms with Crippen molar-refractivity contribution >= 4 is 11.7 Å². The lowest BCUT2D eigenvalue weighted by atomic mass is 9.89. The van der Waals surface area contributed by atoms with Gasteiger partial charge >= 0.3 is 5.97 Å². The molecule has 4 heteroatoms. The molecule has 0 spiro atoms. The summed E-state index contributed by atoms with van der Waals surface area (Å²) in [6, 6.07) is 5.01. The molecule has 0 aliphatic heterocycles. The second-order valence-electron chi connectivity index (χ2n) is 5.77. The zero-order valence-electron chi connectivity index (χ0n) is 10.8. The molecule has 3 rings (SSSR count). The van der Waals surface area contributed by atoms with Crippen LogP contribution < -0.4 is 10.5 Å². The van der Waals surface area contributed by atoms with Gasteiger partial charge in [0.1, 0.15) is 11.3 Å². The molecule has 1 aromatic rings. The van der Waals surface area contributed by atoms with Crippen molar-refractivity contribution in [1.29, 1.82) is 0 Å². The summed E-state index contributed by atoms with van der Waals surface area (Å²) in [5.74, 6) is 1.61. The average molecular weight is 261 g/mol. The molecule has 2 fully saturated rings. The lowest BCUT2D eigenvalue weighted by molar-refractivity contribution is 0.0691. The zero-order chi connectivity index (χ0) is 13.4. The highest BCUT2D eigenvalue weighted by atomic mass is 16.5. The maximum Gasteiger partial charge on any atom is 0.341 e. The van der Waals surface area contributed by atoms with Crippen molar-refractivity contribution in [3.8, 4) is 5.75 Å². The highest BCUT2D eigenvalue weighted by Gasteiger charge is 2.39. The number of carboxylic acids is 1. The minimum Gasteiger partial charge on any atom is -0.492 e. The molecule has 102 valence electrons. The number of fused-ring (bicyclic) bond motifs is 2. The van der Waals surface area contributed by atoms with E-state index >= 15 is 0 Å². The molecule has 3 atom stereocenters. The number of hydrogen-bond donors (Lipinski definition) is 2. The molecule has 0 heterocycles. The predicted molar refractivity (Wildman–Crippen MR) is 72.2 cm³/mol. The van der Waals surface area contributed by atoms with E-state index in [4.69, 9.17) is 10.5 Å². The van der Waals surface area contributed by atoms with E-state index in [1.54, 1.807) is 18.2 Å². The molecule has 0 aromatic heterocycles. The van der Waals surface area contributed by atoms with Crippen molar-refractivity contribution in [3.63, 3.8) is 0 Å². The number of benzene rings is 1. The molecule has 0 amide bonds. The van der Waals surface area contributed by atoms with Crippen LogP contribution in [-0.4, -0.2) is 17.7 Å². The van der Waals surface area contributed by atoms with Crippen molar-refractivity contribution in [2.75, 3.05) is 12.3 Å². The fraction of sp³-hybridized carbons (Fsp3) is 0.533. The quantitative estimate of drug-likeness (QED) is 0.817. The molecule has 19 heavy (non-hydrogen) atoms. The van der Waals surface area contributed by atoms with Gasteiger partial charge < -0.3 is 15.6 Å². The van der Waals surface area contributed by atoms with Crippen LogP contribution in [0, 0.1) is 17.8 Å². The Morgan fingerprint density at radius 2 is 2.21 bits per heavy atom. The van der Waals surface area contributed by atoms with E-state index < -0.39 is 5.97 Å². The Bertz CT molecular complexity index is 500. The van der Waals surface area contributed by atoms with Gasteiger partial charge in [0.2, 0.25) is 0 Å². The van der Waals surface area contributed by atoms with Crippen molar-refractivity contribution in [2.45, 2.75) is 25.7 Å². The molecule has 2 aliphatic carbocycles. The van der Waals surface area contributed by atoms with Crippen LogP contribution in [0.2, 0.25) is 0 Å². The lowest BCUT2D eigenvalue weighted by Crippen LogP contribution is -2.19. The minimum atomic E-state index is -1.03. The van der Waals surface area contributed by atoms with E-state index in [0.717, 1.165) is 11.8 Å². The van der Waals surface area contributed by atoms with Gasteiger partial charge in [-0.3, -0.25) is 0 Å². The smallest absolute Gasteiger partial charge is 0.341 e. The fourth-order valence-electron chi connectivity index (χ4n) is 3.67. The number of nitrogen functional groups attached to an aromatic ring is 1. The van der Waals surface area contributed by atoms with Crippen LogP contribution >= 0.6 is 0 Å². The standard InChI is InChI=1S/C15H19NO3/c16-12-2-1-3-13(14(12)15(17)18)19-8-11-7-9-4-5-10(11)6-9/h1-3,9-11H,4-8,16H2,(H,17,18). The summed E-state index contributed by atoms with van der Waals surface area (Å²) in [6.07, 6.45) is 5.23. The van der Waals surface area contributed by atoms with Crippen molar-refractivity contribution < 1.29 is 14.6 Å². The average Bonchev–Trinajstić information content (AvgIpc) is 2.97. The van der Waals surface area contributed by atoms with Crippen LogP contribution in [0.15, 0.2) is 18.2 Å². The Morgan fingerprint density at radius 1 is 1.37 bits per heavy atom. The van der Waals surface area contributed by atoms with E-state index in [1.165, 1.54) is 25.7 Å². The number of rotatable bonds is 4. The van der Waals surface area contributed by atoms with Gasteiger partial charge in [0.25, 0.3) is 0 Å². The summed E-state index contributed by atoms with van der Waals surface area (Å²) in [7, 11) is 0. The molecule has 4 nitrogen and oxygen atoms in total. The maximum absolute atomic E-state index is 11.2. The van der Waals surface area contributed by atoms with Crippen LogP contribution in [0.5, 0.6) is 5.75 Å². The Balaban J connectivity index is 1.70. The SMILES string of the molecule is Nc1cccc(OCC2CC3CCC2C3)c1C(=O)O. The summed E-state index contributed by atoms with van der Waals surface area (Å²) in [5.41, 5.74) is 6.06. The van der Waals surface area contributed by atoms with Crippen LogP contribution in [0.3, 0.4) is 0 Å². The minimum absolute atomic E-state index is 0.0886. The maximum atomic E-state index is 11.2. The van der Waals surface area contributed by atoms with Crippen LogP contribution in [0.4, 0.5) is 5.69 Å². The van der Waals surface area contributed by atoms with Crippen molar-refractivity contribution in [2.24, 2.45) is 17.8 Å². The first-order valence-corrected chi connectivity index (χ1v) is 6.89. The second kappa shape index (κ2) is 4.76. The third kappa shape index (κ3) is 2.27. The number of anilines is 1. The van der Waals surface area contributed by atoms with Gasteiger partial charge in [-0.25, -0.2) is 4.79 Å². The van der Waals surface area contributed by atoms with E-state index in [-0.39, 0.29) is 11.3 Å². The number of ether oxygens (including phenoxy) is 1. The van der Waals surface area contributed by atoms with Crippen molar-refractivity contribution in [3.05, 3.63) is 23.8 Å². The highest BCUT2D eigenvalue weighted by Crippen LogP contribution is 2.48. The topological polar surface area (TPSA) is 72.5 Å². The van der Waals surface area contributed by atoms with Gasteiger partial charge in [0.15, 0.2) is 0 Å². The van der Waals surface area contributed by atoms with E-state index in [9.17, 15) is 9.90 Å². The summed E-state index contributed by atoms with van der Waals surface area (Å²) >= 11 is 0. The molecule has 2 saturated carbocycles. The third-order valence-electron chi connectivity index (χ3n) is 4.61. The molecule has 1 aromatic carbocycles. The van der Waals surface area contributed by atoms with Gasteiger partial charge in [0, 0.05) is 5.69 Å². The van der Waals surface area contributed by atoms with Gasteiger partial charge in [0.05, 0.1) is 6.61 Å². The zero-order valence-corrected chi connectivity index (χ0v) is 10.8. The summed E-state index contributed by atoms with van der Waals surface area (Å²) in [5, 5.41) is 9.18. The molecular formula is C15H19NO3. The monoisotopic (exact) mass is 261 g/mol. The summed E-state index contributed by atoms with van der Waals surface area (Å²) in [6.45, 7) is 0.616.